The molecule has 1 amide bonds. The summed E-state index contributed by atoms with van der Waals surface area (Å²) >= 11 is 1.31. The molecule has 0 spiro atoms. The van der Waals surface area contributed by atoms with E-state index in [1.54, 1.807) is 30.3 Å². The van der Waals surface area contributed by atoms with Gasteiger partial charge in [-0.05, 0) is 42.8 Å². The topological polar surface area (TPSA) is 64.4 Å². The lowest BCUT2D eigenvalue weighted by Crippen LogP contribution is -2.45. The van der Waals surface area contributed by atoms with Crippen LogP contribution in [0.4, 0.5) is 4.39 Å². The number of hydrogen-bond donors (Lipinski definition) is 0. The molecule has 0 bridgehead atoms. The first-order valence-electron chi connectivity index (χ1n) is 10.9. The Morgan fingerprint density at radius 2 is 1.88 bits per heavy atom. The maximum absolute atomic E-state index is 13.5. The molecule has 1 aliphatic heterocycles. The highest BCUT2D eigenvalue weighted by molar-refractivity contribution is 8.00. The van der Waals surface area contributed by atoms with Crippen LogP contribution in [0.2, 0.25) is 0 Å². The van der Waals surface area contributed by atoms with Gasteiger partial charge in [-0.15, -0.1) is 0 Å². The highest BCUT2D eigenvalue weighted by Crippen LogP contribution is 2.29. The Morgan fingerprint density at radius 3 is 2.59 bits per heavy atom. The van der Waals surface area contributed by atoms with Crippen LogP contribution in [-0.2, 0) is 9.53 Å². The second-order valence-electron chi connectivity index (χ2n) is 7.71. The van der Waals surface area contributed by atoms with Crippen LogP contribution < -0.4 is 5.56 Å². The average molecular weight is 456 g/mol. The minimum atomic E-state index is -0.381. The maximum Gasteiger partial charge on any atom is 0.266 e. The highest BCUT2D eigenvalue weighted by atomic mass is 32.2. The fourth-order valence-corrected chi connectivity index (χ4v) is 4.98. The first-order valence-corrected chi connectivity index (χ1v) is 11.8. The molecule has 8 heteroatoms. The van der Waals surface area contributed by atoms with Crippen LogP contribution in [0.5, 0.6) is 0 Å². The number of amides is 1. The Morgan fingerprint density at radius 1 is 1.16 bits per heavy atom. The molecule has 0 saturated carbocycles. The van der Waals surface area contributed by atoms with Gasteiger partial charge in [-0.25, -0.2) is 9.37 Å². The van der Waals surface area contributed by atoms with Crippen molar-refractivity contribution in [2.75, 3.05) is 26.3 Å². The number of carbonyl (C=O) groups is 1. The van der Waals surface area contributed by atoms with Crippen LogP contribution in [0.3, 0.4) is 0 Å². The van der Waals surface area contributed by atoms with Crippen molar-refractivity contribution in [3.8, 4) is 5.69 Å². The largest absolute Gasteiger partial charge is 0.378 e. The van der Waals surface area contributed by atoms with Crippen molar-refractivity contribution in [2.24, 2.45) is 0 Å². The van der Waals surface area contributed by atoms with E-state index in [4.69, 9.17) is 9.72 Å². The minimum absolute atomic E-state index is 0.0415. The van der Waals surface area contributed by atoms with E-state index in [9.17, 15) is 14.0 Å². The summed E-state index contributed by atoms with van der Waals surface area (Å²) in [6, 6.07) is 12.9. The predicted molar refractivity (Wildman–Crippen MR) is 124 cm³/mol. The molecule has 1 aliphatic rings. The Bertz CT molecular complexity index is 1140. The summed E-state index contributed by atoms with van der Waals surface area (Å²) in [5, 5.41) is 0.543. The summed E-state index contributed by atoms with van der Waals surface area (Å²) in [4.78, 5) is 33.3. The number of carbonyl (C=O) groups excluding carboxylic acids is 1. The fraction of sp³-hybridized carbons (Fsp3) is 0.375. The molecule has 6 nitrogen and oxygen atoms in total. The molecule has 1 saturated heterocycles. The van der Waals surface area contributed by atoms with Crippen molar-refractivity contribution in [3.63, 3.8) is 0 Å². The Balaban J connectivity index is 1.78. The van der Waals surface area contributed by atoms with Crippen molar-refractivity contribution in [1.29, 1.82) is 0 Å². The van der Waals surface area contributed by atoms with E-state index in [0.717, 1.165) is 12.8 Å². The fourth-order valence-electron chi connectivity index (χ4n) is 3.75. The lowest BCUT2D eigenvalue weighted by atomic mass is 10.2. The SMILES string of the molecule is CCCCC(Sc1nc2ccccc2c(=O)n1-c1ccc(F)cc1)C(=O)N1CCOCC1. The number of benzene rings is 2. The summed E-state index contributed by atoms with van der Waals surface area (Å²) in [7, 11) is 0. The number of unbranched alkanes of at least 4 members (excludes halogenated alkanes) is 1. The Hall–Kier alpha value is -2.71. The van der Waals surface area contributed by atoms with Gasteiger partial charge in [-0.1, -0.05) is 43.7 Å². The molecular weight excluding hydrogens is 429 g/mol. The van der Waals surface area contributed by atoms with Gasteiger partial charge in [0, 0.05) is 13.1 Å². The first kappa shape index (κ1) is 22.5. The van der Waals surface area contributed by atoms with Gasteiger partial charge in [0.25, 0.3) is 5.56 Å². The smallest absolute Gasteiger partial charge is 0.266 e. The normalized spacial score (nSPS) is 15.1. The molecule has 1 atom stereocenters. The van der Waals surface area contributed by atoms with Gasteiger partial charge in [0.15, 0.2) is 5.16 Å². The molecular formula is C24H26FN3O3S. The standard InChI is InChI=1S/C24H26FN3O3S/c1-2-3-8-21(23(30)27-13-15-31-16-14-27)32-24-26-20-7-5-4-6-19(20)22(29)28(24)18-11-9-17(25)10-12-18/h4-7,9-12,21H,2-3,8,13-16H2,1H3. The van der Waals surface area contributed by atoms with Crippen LogP contribution in [-0.4, -0.2) is 51.9 Å². The third-order valence-corrected chi connectivity index (χ3v) is 6.70. The summed E-state index contributed by atoms with van der Waals surface area (Å²) in [6.07, 6.45) is 2.54. The molecule has 2 aromatic carbocycles. The first-order chi connectivity index (χ1) is 15.6. The van der Waals surface area contributed by atoms with E-state index in [1.807, 2.05) is 11.0 Å². The van der Waals surface area contributed by atoms with Crippen molar-refractivity contribution < 1.29 is 13.9 Å². The quantitative estimate of drug-likeness (QED) is 0.398. The summed E-state index contributed by atoms with van der Waals surface area (Å²) in [5.74, 6) is -0.340. The second kappa shape index (κ2) is 10.3. The van der Waals surface area contributed by atoms with Crippen LogP contribution in [0.15, 0.2) is 58.5 Å². The molecule has 4 rings (SSSR count). The van der Waals surface area contributed by atoms with Crippen LogP contribution in [0.1, 0.15) is 26.2 Å². The summed E-state index contributed by atoms with van der Waals surface area (Å²) in [5.41, 5.74) is 0.856. The lowest BCUT2D eigenvalue weighted by Gasteiger charge is -2.30. The van der Waals surface area contributed by atoms with E-state index < -0.39 is 0 Å². The zero-order chi connectivity index (χ0) is 22.5. The zero-order valence-corrected chi connectivity index (χ0v) is 18.8. The molecule has 0 radical (unpaired) electrons. The summed E-state index contributed by atoms with van der Waals surface area (Å²) < 4.78 is 20.4. The van der Waals surface area contributed by atoms with Crippen LogP contribution >= 0.6 is 11.8 Å². The highest BCUT2D eigenvalue weighted by Gasteiger charge is 2.28. The third kappa shape index (κ3) is 4.86. The van der Waals surface area contributed by atoms with E-state index in [0.29, 0.717) is 54.5 Å². The van der Waals surface area contributed by atoms with Crippen molar-refractivity contribution >= 4 is 28.6 Å². The van der Waals surface area contributed by atoms with Crippen molar-refractivity contribution in [3.05, 3.63) is 64.7 Å². The van der Waals surface area contributed by atoms with Gasteiger partial charge in [0.2, 0.25) is 5.91 Å². The van der Waals surface area contributed by atoms with E-state index in [-0.39, 0.29) is 22.5 Å². The Kier molecular flexibility index (Phi) is 7.22. The lowest BCUT2D eigenvalue weighted by molar-refractivity contribution is -0.134. The molecule has 1 unspecified atom stereocenters. The number of hydrogen-bond acceptors (Lipinski definition) is 5. The molecule has 168 valence electrons. The molecule has 0 N–H and O–H groups in total. The van der Waals surface area contributed by atoms with Crippen molar-refractivity contribution in [1.82, 2.24) is 14.5 Å². The molecule has 1 aromatic heterocycles. The van der Waals surface area contributed by atoms with Gasteiger partial charge in [-0.2, -0.15) is 0 Å². The van der Waals surface area contributed by atoms with Gasteiger partial charge >= 0.3 is 0 Å². The van der Waals surface area contributed by atoms with Crippen molar-refractivity contribution in [2.45, 2.75) is 36.6 Å². The maximum atomic E-state index is 13.5. The number of rotatable bonds is 7. The summed E-state index contributed by atoms with van der Waals surface area (Å²) in [6.45, 7) is 4.29. The Labute approximate surface area is 190 Å². The van der Waals surface area contributed by atoms with E-state index >= 15 is 0 Å². The van der Waals surface area contributed by atoms with E-state index in [2.05, 4.69) is 6.92 Å². The molecule has 0 aliphatic carbocycles. The third-order valence-electron chi connectivity index (χ3n) is 5.50. The average Bonchev–Trinajstić information content (AvgIpc) is 2.83. The van der Waals surface area contributed by atoms with Crippen LogP contribution in [0.25, 0.3) is 16.6 Å². The number of aromatic nitrogens is 2. The van der Waals surface area contributed by atoms with Gasteiger partial charge in [-0.3, -0.25) is 14.2 Å². The monoisotopic (exact) mass is 455 g/mol. The molecule has 1 fully saturated rings. The number of thioether (sulfide) groups is 1. The van der Waals surface area contributed by atoms with Crippen LogP contribution in [0, 0.1) is 5.82 Å². The number of halogens is 1. The number of para-hydroxylation sites is 1. The predicted octanol–water partition coefficient (Wildman–Crippen LogP) is 4.03. The molecule has 2 heterocycles. The number of ether oxygens (including phenoxy) is 1. The van der Waals surface area contributed by atoms with E-state index in [1.165, 1.54) is 28.5 Å². The minimum Gasteiger partial charge on any atom is -0.378 e. The number of nitrogens with zero attached hydrogens (tertiary/aromatic N) is 3. The van der Waals surface area contributed by atoms with Gasteiger partial charge in [0.1, 0.15) is 5.82 Å². The number of fused-ring (bicyclic) bond motifs is 1. The number of morpholine rings is 1. The zero-order valence-electron chi connectivity index (χ0n) is 18.0. The molecule has 3 aromatic rings. The second-order valence-corrected chi connectivity index (χ2v) is 8.88. The molecule has 32 heavy (non-hydrogen) atoms. The van der Waals surface area contributed by atoms with Gasteiger partial charge in [0.05, 0.1) is 35.1 Å². The van der Waals surface area contributed by atoms with Gasteiger partial charge < -0.3 is 9.64 Å².